The molecule has 1 saturated heterocycles. The van der Waals surface area contributed by atoms with Gasteiger partial charge < -0.3 is 14.3 Å². The van der Waals surface area contributed by atoms with Crippen LogP contribution in [0.2, 0.25) is 5.02 Å². The molecule has 0 N–H and O–H groups in total. The second-order valence-electron chi connectivity index (χ2n) is 7.11. The summed E-state index contributed by atoms with van der Waals surface area (Å²) >= 11 is 9.77. The van der Waals surface area contributed by atoms with Crippen LogP contribution in [0.25, 0.3) is 11.3 Å². The van der Waals surface area contributed by atoms with Crippen molar-refractivity contribution >= 4 is 44.8 Å². The van der Waals surface area contributed by atoms with Crippen molar-refractivity contribution in [3.63, 3.8) is 0 Å². The third-order valence-electron chi connectivity index (χ3n) is 5.26. The van der Waals surface area contributed by atoms with E-state index < -0.39 is 4.92 Å². The molecule has 0 saturated carbocycles. The van der Waals surface area contributed by atoms with Crippen molar-refractivity contribution in [1.29, 1.82) is 0 Å². The molecule has 0 aliphatic carbocycles. The zero-order valence-corrected chi connectivity index (χ0v) is 18.9. The van der Waals surface area contributed by atoms with Crippen LogP contribution in [-0.2, 0) is 0 Å². The quantitative estimate of drug-likeness (QED) is 0.368. The standard InChI is InChI=1S/C21H18BrClN4O4/c1-13-19(20(24-31-13)15-4-2-3-5-16(15)22)21(28)26-10-8-25(9-11-26)18-7-6-14(27(29)30)12-17(18)23/h2-7,12H,8-11H2,1H3. The SMILES string of the molecule is Cc1onc(-c2ccccc2Br)c1C(=O)N1CCN(c2ccc([N+](=O)[O-])cc2Cl)CC1. The van der Waals surface area contributed by atoms with Crippen molar-refractivity contribution in [2.75, 3.05) is 31.1 Å². The molecule has 10 heteroatoms. The molecule has 0 bridgehead atoms. The highest BCUT2D eigenvalue weighted by molar-refractivity contribution is 9.10. The van der Waals surface area contributed by atoms with E-state index >= 15 is 0 Å². The monoisotopic (exact) mass is 504 g/mol. The van der Waals surface area contributed by atoms with Crippen molar-refractivity contribution in [1.82, 2.24) is 10.1 Å². The van der Waals surface area contributed by atoms with E-state index in [-0.39, 0.29) is 11.6 Å². The second kappa shape index (κ2) is 8.68. The summed E-state index contributed by atoms with van der Waals surface area (Å²) in [5.41, 5.74) is 2.42. The Labute approximate surface area is 191 Å². The molecule has 2 aromatic carbocycles. The van der Waals surface area contributed by atoms with Gasteiger partial charge in [-0.15, -0.1) is 0 Å². The number of aromatic nitrogens is 1. The first-order valence-corrected chi connectivity index (χ1v) is 10.7. The Bertz CT molecular complexity index is 1160. The summed E-state index contributed by atoms with van der Waals surface area (Å²) in [6, 6.07) is 12.0. The first-order valence-electron chi connectivity index (χ1n) is 9.56. The lowest BCUT2D eigenvalue weighted by Crippen LogP contribution is -2.49. The molecule has 1 amide bonds. The molecule has 4 rings (SSSR count). The predicted octanol–water partition coefficient (Wildman–Crippen LogP) is 4.94. The highest BCUT2D eigenvalue weighted by Gasteiger charge is 2.29. The minimum atomic E-state index is -0.476. The largest absolute Gasteiger partial charge is 0.367 e. The number of piperazine rings is 1. The lowest BCUT2D eigenvalue weighted by atomic mass is 10.0. The Morgan fingerprint density at radius 1 is 1.19 bits per heavy atom. The van der Waals surface area contributed by atoms with E-state index in [1.807, 2.05) is 29.2 Å². The number of nitrogens with zero attached hydrogens (tertiary/aromatic N) is 4. The summed E-state index contributed by atoms with van der Waals surface area (Å²) in [5.74, 6) is 0.329. The zero-order valence-electron chi connectivity index (χ0n) is 16.5. The fourth-order valence-electron chi connectivity index (χ4n) is 3.64. The van der Waals surface area contributed by atoms with E-state index in [2.05, 4.69) is 21.1 Å². The molecule has 0 unspecified atom stereocenters. The number of rotatable bonds is 4. The second-order valence-corrected chi connectivity index (χ2v) is 8.38. The first kappa shape index (κ1) is 21.3. The Kier molecular flexibility index (Phi) is 5.97. The molecule has 160 valence electrons. The maximum atomic E-state index is 13.3. The molecule has 0 radical (unpaired) electrons. The molecular weight excluding hydrogens is 488 g/mol. The van der Waals surface area contributed by atoms with Crippen LogP contribution in [-0.4, -0.2) is 47.1 Å². The Hall–Kier alpha value is -2.91. The third-order valence-corrected chi connectivity index (χ3v) is 6.25. The van der Waals surface area contributed by atoms with Gasteiger partial charge in [-0.2, -0.15) is 0 Å². The number of carbonyl (C=O) groups is 1. The van der Waals surface area contributed by atoms with Crippen molar-refractivity contribution < 1.29 is 14.2 Å². The summed E-state index contributed by atoms with van der Waals surface area (Å²) in [4.78, 5) is 27.5. The zero-order chi connectivity index (χ0) is 22.1. The molecule has 8 nitrogen and oxygen atoms in total. The number of nitro groups is 1. The molecule has 0 atom stereocenters. The molecule has 31 heavy (non-hydrogen) atoms. The molecule has 3 aromatic rings. The summed E-state index contributed by atoms with van der Waals surface area (Å²) in [7, 11) is 0. The molecule has 2 heterocycles. The van der Waals surface area contributed by atoms with Crippen molar-refractivity contribution in [2.45, 2.75) is 6.92 Å². The summed E-state index contributed by atoms with van der Waals surface area (Å²) in [5, 5.41) is 15.4. The number of benzene rings is 2. The van der Waals surface area contributed by atoms with E-state index in [0.717, 1.165) is 15.7 Å². The van der Waals surface area contributed by atoms with Crippen LogP contribution in [0.4, 0.5) is 11.4 Å². The number of hydrogen-bond donors (Lipinski definition) is 0. The average Bonchev–Trinajstić information content (AvgIpc) is 3.14. The maximum absolute atomic E-state index is 13.3. The van der Waals surface area contributed by atoms with Gasteiger partial charge in [-0.3, -0.25) is 14.9 Å². The van der Waals surface area contributed by atoms with E-state index in [1.165, 1.54) is 12.1 Å². The molecule has 1 aromatic heterocycles. The Morgan fingerprint density at radius 3 is 2.55 bits per heavy atom. The fourth-order valence-corrected chi connectivity index (χ4v) is 4.40. The van der Waals surface area contributed by atoms with E-state index in [1.54, 1.807) is 17.9 Å². The molecule has 1 fully saturated rings. The number of aryl methyl sites for hydroxylation is 1. The topological polar surface area (TPSA) is 92.7 Å². The Balaban J connectivity index is 1.52. The minimum absolute atomic E-state index is 0.0508. The number of amides is 1. The van der Waals surface area contributed by atoms with Crippen LogP contribution in [0.5, 0.6) is 0 Å². The van der Waals surface area contributed by atoms with E-state index in [9.17, 15) is 14.9 Å². The molecule has 1 aliphatic heterocycles. The fraction of sp³-hybridized carbons (Fsp3) is 0.238. The van der Waals surface area contributed by atoms with Crippen LogP contribution >= 0.6 is 27.5 Å². The lowest BCUT2D eigenvalue weighted by Gasteiger charge is -2.36. The summed E-state index contributed by atoms with van der Waals surface area (Å²) in [6.07, 6.45) is 0. The van der Waals surface area contributed by atoms with Crippen molar-refractivity contribution in [3.8, 4) is 11.3 Å². The smallest absolute Gasteiger partial charge is 0.271 e. The highest BCUT2D eigenvalue weighted by atomic mass is 79.9. The van der Waals surface area contributed by atoms with Gasteiger partial charge in [0.2, 0.25) is 0 Å². The van der Waals surface area contributed by atoms with Gasteiger partial charge in [-0.1, -0.05) is 50.9 Å². The van der Waals surface area contributed by atoms with Gasteiger partial charge in [-0.05, 0) is 19.1 Å². The van der Waals surface area contributed by atoms with Gasteiger partial charge in [0.25, 0.3) is 11.6 Å². The predicted molar refractivity (Wildman–Crippen MR) is 121 cm³/mol. The third kappa shape index (κ3) is 4.15. The number of halogens is 2. The highest BCUT2D eigenvalue weighted by Crippen LogP contribution is 2.33. The number of hydrogen-bond acceptors (Lipinski definition) is 6. The Morgan fingerprint density at radius 2 is 1.90 bits per heavy atom. The summed E-state index contributed by atoms with van der Waals surface area (Å²) in [6.45, 7) is 3.79. The van der Waals surface area contributed by atoms with Crippen LogP contribution in [0.3, 0.4) is 0 Å². The van der Waals surface area contributed by atoms with Crippen LogP contribution < -0.4 is 4.90 Å². The number of carbonyl (C=O) groups excluding carboxylic acids is 1. The molecule has 0 spiro atoms. The lowest BCUT2D eigenvalue weighted by molar-refractivity contribution is -0.384. The van der Waals surface area contributed by atoms with E-state index in [0.29, 0.717) is 48.2 Å². The van der Waals surface area contributed by atoms with Crippen LogP contribution in [0.15, 0.2) is 51.5 Å². The maximum Gasteiger partial charge on any atom is 0.271 e. The number of nitro benzene ring substituents is 1. The summed E-state index contributed by atoms with van der Waals surface area (Å²) < 4.78 is 6.18. The van der Waals surface area contributed by atoms with Crippen LogP contribution in [0, 0.1) is 17.0 Å². The van der Waals surface area contributed by atoms with Gasteiger partial charge in [0.15, 0.2) is 0 Å². The number of anilines is 1. The average molecular weight is 506 g/mol. The molecular formula is C21H18BrClN4O4. The normalized spacial score (nSPS) is 14.0. The molecule has 1 aliphatic rings. The van der Waals surface area contributed by atoms with Crippen LogP contribution in [0.1, 0.15) is 16.1 Å². The van der Waals surface area contributed by atoms with E-state index in [4.69, 9.17) is 16.1 Å². The minimum Gasteiger partial charge on any atom is -0.367 e. The van der Waals surface area contributed by atoms with Gasteiger partial charge in [0.1, 0.15) is 17.0 Å². The van der Waals surface area contributed by atoms with Crippen molar-refractivity contribution in [2.24, 2.45) is 0 Å². The van der Waals surface area contributed by atoms with Crippen molar-refractivity contribution in [3.05, 3.63) is 73.4 Å². The first-order chi connectivity index (χ1) is 14.9. The number of non-ortho nitro benzene ring substituents is 1. The van der Waals surface area contributed by atoms with Gasteiger partial charge in [0.05, 0.1) is 15.6 Å². The van der Waals surface area contributed by atoms with Gasteiger partial charge in [-0.25, -0.2) is 0 Å². The van der Waals surface area contributed by atoms with Gasteiger partial charge in [0, 0.05) is 48.3 Å². The van der Waals surface area contributed by atoms with Gasteiger partial charge >= 0.3 is 0 Å².